The van der Waals surface area contributed by atoms with E-state index in [4.69, 9.17) is 5.73 Å². The van der Waals surface area contributed by atoms with Gasteiger partial charge < -0.3 is 11.1 Å². The minimum absolute atomic E-state index is 0.200. The Morgan fingerprint density at radius 3 is 2.87 bits per heavy atom. The molecule has 0 aromatic carbocycles. The summed E-state index contributed by atoms with van der Waals surface area (Å²) in [7, 11) is -1.39. The monoisotopic (exact) mass is 231 g/mol. The highest BCUT2D eigenvalue weighted by Crippen LogP contribution is 2.29. The normalized spacial score (nSPS) is 39.9. The minimum atomic E-state index is -1.39. The summed E-state index contributed by atoms with van der Waals surface area (Å²) in [5.74, 6) is -0.817. The lowest BCUT2D eigenvalue weighted by molar-refractivity contribution is -0.123. The number of hydrogen-bond donors (Lipinski definition) is 3. The molecule has 1 aliphatic heterocycles. The lowest BCUT2D eigenvalue weighted by atomic mass is 9.83. The van der Waals surface area contributed by atoms with Gasteiger partial charge in [-0.15, -0.1) is 0 Å². The fraction of sp³-hybridized carbons (Fsp3) is 0.750. The Hall–Kier alpha value is -1.11. The van der Waals surface area contributed by atoms with E-state index in [9.17, 15) is 13.8 Å². The summed E-state index contributed by atoms with van der Waals surface area (Å²) < 4.78 is 13.9. The van der Waals surface area contributed by atoms with Crippen LogP contribution in [0.3, 0.4) is 0 Å². The molecule has 4 atom stereocenters. The maximum Gasteiger partial charge on any atom is 0.326 e. The van der Waals surface area contributed by atoms with Gasteiger partial charge in [-0.3, -0.25) is 9.52 Å². The molecular weight excluding hydrogens is 218 g/mol. The number of hydrogen-bond acceptors (Lipinski definition) is 3. The smallest absolute Gasteiger partial charge is 0.326 e. The Balaban J connectivity index is 2.22. The van der Waals surface area contributed by atoms with Crippen LogP contribution in [0, 0.1) is 5.92 Å². The number of nitrogens with two attached hydrogens (primary N) is 1. The molecule has 2 fully saturated rings. The molecule has 7 heteroatoms. The third-order valence-electron chi connectivity index (χ3n) is 2.97. The summed E-state index contributed by atoms with van der Waals surface area (Å²) in [6.07, 6.45) is 2.22. The molecule has 0 radical (unpaired) electrons. The molecule has 4 N–H and O–H groups in total. The Kier molecular flexibility index (Phi) is 2.64. The first kappa shape index (κ1) is 10.4. The van der Waals surface area contributed by atoms with E-state index in [1.165, 1.54) is 0 Å². The van der Waals surface area contributed by atoms with E-state index in [0.29, 0.717) is 6.42 Å². The van der Waals surface area contributed by atoms with Crippen molar-refractivity contribution in [1.82, 2.24) is 10.0 Å². The highest BCUT2D eigenvalue weighted by atomic mass is 32.2. The van der Waals surface area contributed by atoms with Gasteiger partial charge in [-0.2, -0.15) is 0 Å². The third kappa shape index (κ3) is 1.83. The van der Waals surface area contributed by atoms with Gasteiger partial charge in [-0.1, -0.05) is 6.42 Å². The van der Waals surface area contributed by atoms with E-state index in [0.717, 1.165) is 12.8 Å². The quantitative estimate of drug-likeness (QED) is 0.538. The minimum Gasteiger partial charge on any atom is -0.369 e. The topological polar surface area (TPSA) is 101 Å². The van der Waals surface area contributed by atoms with E-state index in [-0.39, 0.29) is 11.3 Å². The predicted octanol–water partition coefficient (Wildman–Crippen LogP) is -1.01. The van der Waals surface area contributed by atoms with E-state index in [1.807, 2.05) is 0 Å². The molecule has 3 amide bonds. The largest absolute Gasteiger partial charge is 0.369 e. The van der Waals surface area contributed by atoms with Gasteiger partial charge in [0.05, 0.1) is 17.2 Å². The molecule has 1 saturated carbocycles. The predicted molar refractivity (Wildman–Crippen MR) is 53.9 cm³/mol. The third-order valence-corrected chi connectivity index (χ3v) is 4.43. The number of amides is 3. The molecule has 15 heavy (non-hydrogen) atoms. The van der Waals surface area contributed by atoms with E-state index < -0.39 is 28.8 Å². The van der Waals surface area contributed by atoms with Crippen molar-refractivity contribution in [1.29, 1.82) is 0 Å². The molecule has 0 spiro atoms. The molecule has 1 aliphatic carbocycles. The highest BCUT2D eigenvalue weighted by Gasteiger charge is 2.43. The van der Waals surface area contributed by atoms with Crippen LogP contribution in [0.25, 0.3) is 0 Å². The van der Waals surface area contributed by atoms with Gasteiger partial charge in [0.25, 0.3) is 0 Å². The first-order chi connectivity index (χ1) is 7.09. The van der Waals surface area contributed by atoms with Crippen LogP contribution in [0.5, 0.6) is 0 Å². The van der Waals surface area contributed by atoms with Crippen LogP contribution in [0.15, 0.2) is 0 Å². The van der Waals surface area contributed by atoms with Crippen molar-refractivity contribution in [3.05, 3.63) is 0 Å². The Morgan fingerprint density at radius 1 is 1.47 bits per heavy atom. The van der Waals surface area contributed by atoms with E-state index >= 15 is 0 Å². The second-order valence-corrected chi connectivity index (χ2v) is 5.28. The van der Waals surface area contributed by atoms with E-state index in [2.05, 4.69) is 10.0 Å². The summed E-state index contributed by atoms with van der Waals surface area (Å²) in [5, 5.41) is 2.44. The Morgan fingerprint density at radius 2 is 2.20 bits per heavy atom. The molecule has 0 aromatic heterocycles. The molecular formula is C8H13N3O3S. The average molecular weight is 231 g/mol. The molecule has 4 unspecified atom stereocenters. The molecule has 84 valence electrons. The van der Waals surface area contributed by atoms with Crippen LogP contribution >= 0.6 is 0 Å². The van der Waals surface area contributed by atoms with Crippen molar-refractivity contribution in [3.63, 3.8) is 0 Å². The van der Waals surface area contributed by atoms with Gasteiger partial charge >= 0.3 is 6.03 Å². The van der Waals surface area contributed by atoms with Gasteiger partial charge in [0.15, 0.2) is 0 Å². The first-order valence-corrected chi connectivity index (χ1v) is 6.08. The Labute approximate surface area is 89.6 Å². The lowest BCUT2D eigenvalue weighted by Crippen LogP contribution is -2.63. The Bertz CT molecular complexity index is 327. The number of fused-ring (bicyclic) bond motifs is 1. The first-order valence-electron chi connectivity index (χ1n) is 4.86. The molecule has 0 bridgehead atoms. The standard InChI is InChI=1S/C8H13N3O3S/c9-7(12)4-2-1-3-5-6(4)10-8(13)11-15(5)14/h4-6H,1-3H2,(H2,9,12)(H2,10,11,13). The van der Waals surface area contributed by atoms with Crippen molar-refractivity contribution in [2.24, 2.45) is 11.7 Å². The summed E-state index contributed by atoms with van der Waals surface area (Å²) in [4.78, 5) is 22.3. The fourth-order valence-corrected chi connectivity index (χ4v) is 3.56. The van der Waals surface area contributed by atoms with Crippen molar-refractivity contribution < 1.29 is 13.8 Å². The zero-order valence-electron chi connectivity index (χ0n) is 8.06. The van der Waals surface area contributed by atoms with Gasteiger partial charge in [-0.25, -0.2) is 9.00 Å². The number of primary amides is 1. The van der Waals surface area contributed by atoms with Crippen LogP contribution in [-0.2, 0) is 15.8 Å². The number of nitrogens with one attached hydrogen (secondary N) is 2. The van der Waals surface area contributed by atoms with Gasteiger partial charge in [0, 0.05) is 0 Å². The van der Waals surface area contributed by atoms with E-state index in [1.54, 1.807) is 0 Å². The summed E-state index contributed by atoms with van der Waals surface area (Å²) in [6.45, 7) is 0. The molecule has 0 aromatic rings. The second-order valence-electron chi connectivity index (χ2n) is 3.88. The molecule has 2 rings (SSSR count). The van der Waals surface area contributed by atoms with Crippen molar-refractivity contribution >= 4 is 22.9 Å². The van der Waals surface area contributed by atoms with Gasteiger partial charge in [0.2, 0.25) is 5.91 Å². The zero-order valence-corrected chi connectivity index (χ0v) is 8.88. The lowest BCUT2D eigenvalue weighted by Gasteiger charge is -2.39. The van der Waals surface area contributed by atoms with Gasteiger partial charge in [-0.05, 0) is 12.8 Å². The van der Waals surface area contributed by atoms with Gasteiger partial charge in [0.1, 0.15) is 11.0 Å². The summed E-state index contributed by atoms with van der Waals surface area (Å²) in [5.41, 5.74) is 5.26. The fourth-order valence-electron chi connectivity index (χ4n) is 2.26. The SMILES string of the molecule is NC(=O)C1CCCC2C1NC(=O)NS2=O. The van der Waals surface area contributed by atoms with Crippen LogP contribution in [0.2, 0.25) is 0 Å². The van der Waals surface area contributed by atoms with Crippen molar-refractivity contribution in [3.8, 4) is 0 Å². The number of rotatable bonds is 1. The average Bonchev–Trinajstić information content (AvgIpc) is 2.16. The number of urea groups is 1. The molecule has 1 heterocycles. The van der Waals surface area contributed by atoms with Crippen LogP contribution in [-0.4, -0.2) is 27.4 Å². The highest BCUT2D eigenvalue weighted by molar-refractivity contribution is 7.84. The summed E-state index contributed by atoms with van der Waals surface area (Å²) in [6, 6.07) is -0.853. The van der Waals surface area contributed by atoms with Crippen LogP contribution < -0.4 is 15.8 Å². The maximum absolute atomic E-state index is 11.6. The maximum atomic E-state index is 11.6. The number of carbonyl (C=O) groups excluding carboxylic acids is 2. The van der Waals surface area contributed by atoms with Crippen LogP contribution in [0.1, 0.15) is 19.3 Å². The van der Waals surface area contributed by atoms with Crippen molar-refractivity contribution in [2.75, 3.05) is 0 Å². The zero-order chi connectivity index (χ0) is 11.0. The second kappa shape index (κ2) is 3.80. The summed E-state index contributed by atoms with van der Waals surface area (Å²) >= 11 is 0. The molecule has 6 nitrogen and oxygen atoms in total. The van der Waals surface area contributed by atoms with Crippen molar-refractivity contribution in [2.45, 2.75) is 30.6 Å². The molecule has 1 saturated heterocycles. The van der Waals surface area contributed by atoms with Crippen LogP contribution in [0.4, 0.5) is 4.79 Å². The number of carbonyl (C=O) groups is 2. The molecule has 2 aliphatic rings.